The van der Waals surface area contributed by atoms with E-state index >= 15 is 0 Å². The van der Waals surface area contributed by atoms with Gasteiger partial charge in [-0.1, -0.05) is 38.4 Å². The molecule has 9 nitrogen and oxygen atoms in total. The number of aryl methyl sites for hydroxylation is 1. The van der Waals surface area contributed by atoms with Crippen LogP contribution in [0, 0.1) is 17.2 Å². The van der Waals surface area contributed by atoms with E-state index in [-0.39, 0.29) is 23.9 Å². The van der Waals surface area contributed by atoms with Crippen LogP contribution >= 0.6 is 11.6 Å². The number of carboxylic acid groups (broad SMARTS) is 1. The van der Waals surface area contributed by atoms with Crippen molar-refractivity contribution in [2.75, 3.05) is 29.9 Å². The van der Waals surface area contributed by atoms with Crippen LogP contribution in [-0.4, -0.2) is 51.3 Å². The summed E-state index contributed by atoms with van der Waals surface area (Å²) in [6, 6.07) is 9.59. The van der Waals surface area contributed by atoms with Crippen molar-refractivity contribution in [3.63, 3.8) is 0 Å². The second kappa shape index (κ2) is 13.2. The summed E-state index contributed by atoms with van der Waals surface area (Å²) in [5.74, 6) is -0.755. The number of halogens is 2. The smallest absolute Gasteiger partial charge is 0.306 e. The molecule has 0 unspecified atom stereocenters. The molecule has 3 heterocycles. The Bertz CT molecular complexity index is 1430. The van der Waals surface area contributed by atoms with E-state index in [2.05, 4.69) is 36.1 Å². The Balaban J connectivity index is 0.000000230. The number of amides is 1. The lowest BCUT2D eigenvalue weighted by molar-refractivity contribution is -0.143. The Kier molecular flexibility index (Phi) is 9.91. The third-order valence-corrected chi connectivity index (χ3v) is 7.96. The number of piperidine rings is 1. The summed E-state index contributed by atoms with van der Waals surface area (Å²) >= 11 is 6.14. The van der Waals surface area contributed by atoms with Crippen LogP contribution in [0.5, 0.6) is 0 Å². The van der Waals surface area contributed by atoms with Gasteiger partial charge in [0, 0.05) is 35.3 Å². The molecule has 1 amide bonds. The molecule has 4 N–H and O–H groups in total. The fourth-order valence-corrected chi connectivity index (χ4v) is 5.24. The lowest BCUT2D eigenvalue weighted by Crippen LogP contribution is -2.37. The van der Waals surface area contributed by atoms with Gasteiger partial charge in [-0.3, -0.25) is 14.3 Å². The van der Waals surface area contributed by atoms with Crippen LogP contribution in [0.2, 0.25) is 5.02 Å². The Labute approximate surface area is 251 Å². The molecular formula is C31H40ClFN6O3. The molecule has 0 saturated carbocycles. The van der Waals surface area contributed by atoms with Crippen molar-refractivity contribution < 1.29 is 19.1 Å². The number of fused-ring (bicyclic) bond motifs is 2. The molecule has 1 fully saturated rings. The summed E-state index contributed by atoms with van der Waals surface area (Å²) in [7, 11) is 1.81. The number of aliphatic carboxylic acids is 1. The summed E-state index contributed by atoms with van der Waals surface area (Å²) in [6.07, 6.45) is 4.53. The van der Waals surface area contributed by atoms with Crippen molar-refractivity contribution in [2.24, 2.45) is 24.1 Å². The van der Waals surface area contributed by atoms with Crippen molar-refractivity contribution in [3.8, 4) is 0 Å². The Morgan fingerprint density at radius 1 is 1.17 bits per heavy atom. The molecule has 3 aromatic rings. The highest BCUT2D eigenvalue weighted by Crippen LogP contribution is 2.38. The Morgan fingerprint density at radius 2 is 1.88 bits per heavy atom. The van der Waals surface area contributed by atoms with E-state index in [0.717, 1.165) is 43.9 Å². The molecule has 2 aromatic carbocycles. The van der Waals surface area contributed by atoms with Gasteiger partial charge in [-0.2, -0.15) is 5.10 Å². The van der Waals surface area contributed by atoms with Crippen LogP contribution in [0.15, 0.2) is 42.6 Å². The van der Waals surface area contributed by atoms with E-state index in [1.54, 1.807) is 40.0 Å². The highest BCUT2D eigenvalue weighted by molar-refractivity contribution is 6.31. The molecule has 2 aliphatic rings. The number of hydrogen-bond acceptors (Lipinski definition) is 6. The average molecular weight is 599 g/mol. The van der Waals surface area contributed by atoms with Gasteiger partial charge < -0.3 is 26.0 Å². The first-order valence-corrected chi connectivity index (χ1v) is 14.6. The van der Waals surface area contributed by atoms with Crippen molar-refractivity contribution in [1.29, 1.82) is 0 Å². The summed E-state index contributed by atoms with van der Waals surface area (Å²) in [6.45, 7) is 10.1. The van der Waals surface area contributed by atoms with Crippen LogP contribution < -0.4 is 16.0 Å². The molecule has 42 heavy (non-hydrogen) atoms. The third kappa shape index (κ3) is 7.67. The minimum atomic E-state index is -0.620. The maximum atomic E-state index is 14.2. The van der Waals surface area contributed by atoms with Gasteiger partial charge in [0.05, 0.1) is 30.0 Å². The van der Waals surface area contributed by atoms with Gasteiger partial charge in [-0.05, 0) is 74.6 Å². The molecule has 0 spiro atoms. The zero-order valence-electron chi connectivity index (χ0n) is 24.7. The molecule has 2 aliphatic heterocycles. The van der Waals surface area contributed by atoms with Crippen LogP contribution in [0.1, 0.15) is 61.5 Å². The molecule has 11 heteroatoms. The van der Waals surface area contributed by atoms with E-state index in [9.17, 15) is 14.0 Å². The number of carboxylic acids is 1. The monoisotopic (exact) mass is 598 g/mol. The average Bonchev–Trinajstić information content (AvgIpc) is 3.19. The summed E-state index contributed by atoms with van der Waals surface area (Å²) < 4.78 is 15.9. The zero-order chi connectivity index (χ0) is 30.6. The SMILES string of the molecule is CC(C)(C)CCN1CCC(C(=O)O)CC1.Cn1ncc2c1Nc1cc(Cl)ccc1N(C(=O)c1ccc(CN)c(F)c1)C2. The summed E-state index contributed by atoms with van der Waals surface area (Å²) in [5, 5.41) is 16.9. The zero-order valence-corrected chi connectivity index (χ0v) is 25.4. The van der Waals surface area contributed by atoms with Crippen molar-refractivity contribution in [2.45, 2.75) is 53.1 Å². The van der Waals surface area contributed by atoms with Gasteiger partial charge in [0.1, 0.15) is 11.6 Å². The number of benzene rings is 2. The maximum Gasteiger partial charge on any atom is 0.306 e. The standard InChI is InChI=1S/C19H17ClFN5O.C12H23NO2/c1-25-18-13(9-23-25)10-26(17-5-4-14(20)7-16(17)24-18)19(27)11-2-3-12(8-22)15(21)6-11;1-12(2,3)6-9-13-7-4-10(5-8-13)11(14)15/h2-7,9,24H,8,10,22H2,1H3;10H,4-9H2,1-3H3,(H,14,15). The van der Waals surface area contributed by atoms with Crippen molar-refractivity contribution in [3.05, 3.63) is 70.1 Å². The van der Waals surface area contributed by atoms with Gasteiger partial charge in [0.15, 0.2) is 0 Å². The Morgan fingerprint density at radius 3 is 2.50 bits per heavy atom. The fourth-order valence-electron chi connectivity index (χ4n) is 5.07. The molecule has 1 aromatic heterocycles. The third-order valence-electron chi connectivity index (χ3n) is 7.73. The molecule has 0 aliphatic carbocycles. The Hall–Kier alpha value is -3.47. The second-order valence-electron chi connectivity index (χ2n) is 12.1. The van der Waals surface area contributed by atoms with Crippen molar-refractivity contribution >= 4 is 40.7 Å². The second-order valence-corrected chi connectivity index (χ2v) is 12.5. The van der Waals surface area contributed by atoms with Gasteiger partial charge in [-0.25, -0.2) is 4.39 Å². The minimum absolute atomic E-state index is 0.0777. The van der Waals surface area contributed by atoms with E-state index in [0.29, 0.717) is 33.9 Å². The molecule has 0 radical (unpaired) electrons. The number of likely N-dealkylation sites (tertiary alicyclic amines) is 1. The predicted molar refractivity (Wildman–Crippen MR) is 164 cm³/mol. The van der Waals surface area contributed by atoms with E-state index in [1.807, 2.05) is 7.05 Å². The van der Waals surface area contributed by atoms with Gasteiger partial charge in [0.2, 0.25) is 0 Å². The molecule has 0 bridgehead atoms. The molecule has 226 valence electrons. The maximum absolute atomic E-state index is 14.2. The van der Waals surface area contributed by atoms with Crippen LogP contribution in [-0.2, 0) is 24.9 Å². The fraction of sp³-hybridized carbons (Fsp3) is 0.452. The predicted octanol–water partition coefficient (Wildman–Crippen LogP) is 5.79. The van der Waals surface area contributed by atoms with Gasteiger partial charge in [0.25, 0.3) is 5.91 Å². The number of hydrogen-bond donors (Lipinski definition) is 3. The highest BCUT2D eigenvalue weighted by atomic mass is 35.5. The first kappa shape index (κ1) is 31.5. The van der Waals surface area contributed by atoms with Crippen LogP contribution in [0.4, 0.5) is 21.6 Å². The largest absolute Gasteiger partial charge is 0.481 e. The number of aromatic nitrogens is 2. The van der Waals surface area contributed by atoms with Gasteiger partial charge >= 0.3 is 5.97 Å². The highest BCUT2D eigenvalue weighted by Gasteiger charge is 2.28. The number of nitrogens with one attached hydrogen (secondary N) is 1. The summed E-state index contributed by atoms with van der Waals surface area (Å²) in [5.41, 5.74) is 8.68. The van der Waals surface area contributed by atoms with Crippen LogP contribution in [0.25, 0.3) is 0 Å². The number of nitrogens with zero attached hydrogens (tertiary/aromatic N) is 4. The number of carbonyl (C=O) groups is 2. The van der Waals surface area contributed by atoms with Crippen molar-refractivity contribution in [1.82, 2.24) is 14.7 Å². The van der Waals surface area contributed by atoms with Gasteiger partial charge in [-0.15, -0.1) is 0 Å². The van der Waals surface area contributed by atoms with Crippen LogP contribution in [0.3, 0.4) is 0 Å². The topological polar surface area (TPSA) is 117 Å². The first-order chi connectivity index (χ1) is 19.9. The van der Waals surface area contributed by atoms with E-state index < -0.39 is 11.8 Å². The summed E-state index contributed by atoms with van der Waals surface area (Å²) in [4.78, 5) is 27.9. The lowest BCUT2D eigenvalue weighted by atomic mass is 9.91. The molecule has 5 rings (SSSR count). The minimum Gasteiger partial charge on any atom is -0.481 e. The number of nitrogens with two attached hydrogens (primary N) is 1. The normalized spacial score (nSPS) is 15.5. The molecule has 0 atom stereocenters. The number of carbonyl (C=O) groups excluding carboxylic acids is 1. The van der Waals surface area contributed by atoms with E-state index in [4.69, 9.17) is 22.4 Å². The lowest BCUT2D eigenvalue weighted by Gasteiger charge is -2.32. The quantitative estimate of drug-likeness (QED) is 0.340. The first-order valence-electron chi connectivity index (χ1n) is 14.2. The van der Waals surface area contributed by atoms with E-state index in [1.165, 1.54) is 18.6 Å². The number of anilines is 3. The molecule has 1 saturated heterocycles. The number of rotatable bonds is 5. The molecular weight excluding hydrogens is 559 g/mol.